The molecular formula is C20H21FN6O4. The fourth-order valence-corrected chi connectivity index (χ4v) is 2.74. The van der Waals surface area contributed by atoms with Crippen LogP contribution in [0.15, 0.2) is 36.7 Å². The van der Waals surface area contributed by atoms with Crippen molar-refractivity contribution >= 4 is 29.2 Å². The van der Waals surface area contributed by atoms with Crippen LogP contribution in [-0.4, -0.2) is 38.1 Å². The molecule has 0 radical (unpaired) electrons. The van der Waals surface area contributed by atoms with Crippen LogP contribution in [0, 0.1) is 11.2 Å². The average molecular weight is 428 g/mol. The number of ether oxygens (including phenoxy) is 2. The first-order valence-corrected chi connectivity index (χ1v) is 9.20. The van der Waals surface area contributed by atoms with E-state index in [1.165, 1.54) is 29.0 Å². The minimum Gasteiger partial charge on any atom is -0.460 e. The predicted molar refractivity (Wildman–Crippen MR) is 109 cm³/mol. The van der Waals surface area contributed by atoms with E-state index in [-0.39, 0.29) is 35.0 Å². The number of hydrogen-bond donors (Lipinski definition) is 3. The maximum atomic E-state index is 14.3. The Morgan fingerprint density at radius 2 is 2.00 bits per heavy atom. The van der Waals surface area contributed by atoms with Crippen LogP contribution in [0.5, 0.6) is 5.75 Å². The normalized spacial score (nSPS) is 11.2. The first kappa shape index (κ1) is 21.7. The van der Waals surface area contributed by atoms with E-state index in [1.807, 2.05) is 0 Å². The van der Waals surface area contributed by atoms with Gasteiger partial charge in [-0.15, -0.1) is 0 Å². The Bertz CT molecular complexity index is 1170. The Morgan fingerprint density at radius 1 is 1.26 bits per heavy atom. The smallest absolute Gasteiger partial charge is 0.346 e. The minimum atomic E-state index is -0.948. The van der Waals surface area contributed by atoms with Crippen molar-refractivity contribution in [3.63, 3.8) is 0 Å². The van der Waals surface area contributed by atoms with Gasteiger partial charge in [0.1, 0.15) is 17.7 Å². The van der Waals surface area contributed by atoms with E-state index < -0.39 is 23.4 Å². The van der Waals surface area contributed by atoms with Crippen LogP contribution in [0.25, 0.3) is 5.65 Å². The van der Waals surface area contributed by atoms with E-state index in [2.05, 4.69) is 15.4 Å². The molecule has 0 bridgehead atoms. The number of benzene rings is 1. The summed E-state index contributed by atoms with van der Waals surface area (Å²) in [5, 5.41) is 13.6. The number of esters is 2. The SMILES string of the molecule is CC(C)(C)OC(=O)Cc1ccc(OC(=O)c2ccc(NC(=N)N)cc2F)c2ncnn12. The molecule has 0 saturated carbocycles. The van der Waals surface area contributed by atoms with Crippen molar-refractivity contribution in [2.75, 3.05) is 5.32 Å². The van der Waals surface area contributed by atoms with Crippen molar-refractivity contribution in [2.24, 2.45) is 5.73 Å². The standard InChI is InChI=1S/C20H21FN6O4/c1-20(2,3)31-16(28)9-12-5-7-15(17-24-10-25-27(12)17)30-18(29)13-6-4-11(8-14(13)21)26-19(22)23/h4-8,10H,9H2,1-3H3,(H4,22,23,26). The maximum Gasteiger partial charge on any atom is 0.346 e. The van der Waals surface area contributed by atoms with E-state index in [0.29, 0.717) is 5.69 Å². The molecule has 4 N–H and O–H groups in total. The molecule has 0 aliphatic rings. The highest BCUT2D eigenvalue weighted by Crippen LogP contribution is 2.23. The number of nitrogens with one attached hydrogen (secondary N) is 2. The lowest BCUT2D eigenvalue weighted by molar-refractivity contribution is -0.154. The van der Waals surface area contributed by atoms with Crippen LogP contribution in [-0.2, 0) is 16.0 Å². The molecule has 162 valence electrons. The van der Waals surface area contributed by atoms with Gasteiger partial charge in [0.05, 0.1) is 17.7 Å². The highest BCUT2D eigenvalue weighted by Gasteiger charge is 2.21. The van der Waals surface area contributed by atoms with Crippen LogP contribution in [0.3, 0.4) is 0 Å². The van der Waals surface area contributed by atoms with Gasteiger partial charge >= 0.3 is 11.9 Å². The second-order valence-electron chi connectivity index (χ2n) is 7.57. The largest absolute Gasteiger partial charge is 0.460 e. The first-order chi connectivity index (χ1) is 14.5. The second kappa shape index (κ2) is 8.38. The number of anilines is 1. The molecule has 3 aromatic rings. The summed E-state index contributed by atoms with van der Waals surface area (Å²) in [6, 6.07) is 6.61. The molecule has 10 nitrogen and oxygen atoms in total. The molecule has 0 aliphatic carbocycles. The number of fused-ring (bicyclic) bond motifs is 1. The molecule has 0 aliphatic heterocycles. The molecule has 2 aromatic heterocycles. The molecule has 0 fully saturated rings. The van der Waals surface area contributed by atoms with E-state index in [9.17, 15) is 14.0 Å². The summed E-state index contributed by atoms with van der Waals surface area (Å²) in [5.41, 5.74) is 5.14. The van der Waals surface area contributed by atoms with Crippen LogP contribution in [0.4, 0.5) is 10.1 Å². The van der Waals surface area contributed by atoms with E-state index in [0.717, 1.165) is 6.07 Å². The number of hydrogen-bond acceptors (Lipinski definition) is 7. The number of pyridine rings is 1. The second-order valence-corrected chi connectivity index (χ2v) is 7.57. The van der Waals surface area contributed by atoms with E-state index in [4.69, 9.17) is 20.6 Å². The Balaban J connectivity index is 1.81. The van der Waals surface area contributed by atoms with Gasteiger partial charge in [0.2, 0.25) is 0 Å². The third-order valence-electron chi connectivity index (χ3n) is 3.88. The Hall–Kier alpha value is -4.02. The fourth-order valence-electron chi connectivity index (χ4n) is 2.74. The zero-order valence-electron chi connectivity index (χ0n) is 17.1. The number of nitrogens with zero attached hydrogens (tertiary/aromatic N) is 3. The molecular weight excluding hydrogens is 407 g/mol. The zero-order chi connectivity index (χ0) is 22.8. The third-order valence-corrected chi connectivity index (χ3v) is 3.88. The Morgan fingerprint density at radius 3 is 2.65 bits per heavy atom. The van der Waals surface area contributed by atoms with Crippen molar-refractivity contribution < 1.29 is 23.5 Å². The molecule has 3 rings (SSSR count). The summed E-state index contributed by atoms with van der Waals surface area (Å²) in [7, 11) is 0. The molecule has 1 aromatic carbocycles. The van der Waals surface area contributed by atoms with Gasteiger partial charge in [0.25, 0.3) is 0 Å². The lowest BCUT2D eigenvalue weighted by Gasteiger charge is -2.19. The molecule has 0 spiro atoms. The lowest BCUT2D eigenvalue weighted by Crippen LogP contribution is -2.25. The van der Waals surface area contributed by atoms with Gasteiger partial charge in [0.15, 0.2) is 17.4 Å². The monoisotopic (exact) mass is 428 g/mol. The number of carbonyl (C=O) groups is 2. The zero-order valence-corrected chi connectivity index (χ0v) is 17.1. The number of halogens is 1. The van der Waals surface area contributed by atoms with E-state index >= 15 is 0 Å². The van der Waals surface area contributed by atoms with Crippen LogP contribution >= 0.6 is 0 Å². The highest BCUT2D eigenvalue weighted by atomic mass is 19.1. The Kier molecular flexibility index (Phi) is 5.86. The summed E-state index contributed by atoms with van der Waals surface area (Å²) in [6.07, 6.45) is 1.18. The van der Waals surface area contributed by atoms with Crippen molar-refractivity contribution in [2.45, 2.75) is 32.8 Å². The minimum absolute atomic E-state index is 0.0424. The summed E-state index contributed by atoms with van der Waals surface area (Å²) in [4.78, 5) is 28.7. The molecule has 0 unspecified atom stereocenters. The highest BCUT2D eigenvalue weighted by molar-refractivity contribution is 5.94. The lowest BCUT2D eigenvalue weighted by atomic mass is 10.2. The molecule has 31 heavy (non-hydrogen) atoms. The Labute approximate surface area is 176 Å². The van der Waals surface area contributed by atoms with Gasteiger partial charge in [0, 0.05) is 5.69 Å². The summed E-state index contributed by atoms with van der Waals surface area (Å²) < 4.78 is 26.3. The molecule has 0 saturated heterocycles. The van der Waals surface area contributed by atoms with Crippen molar-refractivity contribution in [1.82, 2.24) is 14.6 Å². The maximum absolute atomic E-state index is 14.3. The molecule has 0 atom stereocenters. The van der Waals surface area contributed by atoms with Gasteiger partial charge in [-0.2, -0.15) is 5.10 Å². The first-order valence-electron chi connectivity index (χ1n) is 9.20. The summed E-state index contributed by atoms with van der Waals surface area (Å²) in [6.45, 7) is 5.29. The van der Waals surface area contributed by atoms with Crippen molar-refractivity contribution in [3.05, 3.63) is 53.7 Å². The van der Waals surface area contributed by atoms with Crippen LogP contribution in [0.2, 0.25) is 0 Å². The number of nitrogens with two attached hydrogens (primary N) is 1. The molecule has 2 heterocycles. The number of carbonyl (C=O) groups excluding carboxylic acids is 2. The van der Waals surface area contributed by atoms with Gasteiger partial charge < -0.3 is 20.5 Å². The fraction of sp³-hybridized carbons (Fsp3) is 0.250. The van der Waals surface area contributed by atoms with Crippen molar-refractivity contribution in [3.8, 4) is 5.75 Å². The predicted octanol–water partition coefficient (Wildman–Crippen LogP) is 2.28. The number of aromatic nitrogens is 3. The van der Waals surface area contributed by atoms with Crippen LogP contribution < -0.4 is 15.8 Å². The van der Waals surface area contributed by atoms with E-state index in [1.54, 1.807) is 26.8 Å². The average Bonchev–Trinajstić information content (AvgIpc) is 3.12. The van der Waals surface area contributed by atoms with Gasteiger partial charge in [-0.1, -0.05) is 0 Å². The summed E-state index contributed by atoms with van der Waals surface area (Å²) in [5.74, 6) is -2.57. The van der Waals surface area contributed by atoms with Crippen LogP contribution in [0.1, 0.15) is 36.8 Å². The molecule has 11 heteroatoms. The van der Waals surface area contributed by atoms with Gasteiger partial charge in [-0.25, -0.2) is 18.7 Å². The van der Waals surface area contributed by atoms with Gasteiger partial charge in [-0.3, -0.25) is 10.2 Å². The summed E-state index contributed by atoms with van der Waals surface area (Å²) >= 11 is 0. The quantitative estimate of drug-likeness (QED) is 0.319. The number of guanidine groups is 1. The van der Waals surface area contributed by atoms with Crippen molar-refractivity contribution in [1.29, 1.82) is 5.41 Å². The molecule has 0 amide bonds. The number of rotatable bonds is 5. The third kappa shape index (κ3) is 5.32. The van der Waals surface area contributed by atoms with Gasteiger partial charge in [-0.05, 0) is 51.1 Å². The topological polar surface area (TPSA) is 145 Å².